The lowest BCUT2D eigenvalue weighted by atomic mass is 9.86. The van der Waals surface area contributed by atoms with Gasteiger partial charge in [-0.25, -0.2) is 8.78 Å². The van der Waals surface area contributed by atoms with Crippen molar-refractivity contribution in [2.45, 2.75) is 39.0 Å². The number of rotatable bonds is 2. The minimum absolute atomic E-state index is 0.0605. The number of piperidine rings is 1. The Kier molecular flexibility index (Phi) is 3.98. The molecule has 0 radical (unpaired) electrons. The molecule has 1 amide bonds. The molecule has 102 valence electrons. The van der Waals surface area contributed by atoms with Crippen LogP contribution in [0.3, 0.4) is 0 Å². The van der Waals surface area contributed by atoms with E-state index in [1.165, 1.54) is 12.1 Å². The van der Waals surface area contributed by atoms with Crippen molar-refractivity contribution < 1.29 is 13.6 Å². The highest BCUT2D eigenvalue weighted by molar-refractivity contribution is 5.79. The van der Waals surface area contributed by atoms with Crippen LogP contribution in [0.25, 0.3) is 0 Å². The van der Waals surface area contributed by atoms with Crippen molar-refractivity contribution in [1.29, 1.82) is 0 Å². The van der Waals surface area contributed by atoms with Gasteiger partial charge in [0.25, 0.3) is 0 Å². The van der Waals surface area contributed by atoms with Crippen LogP contribution in [0.1, 0.15) is 43.2 Å². The second-order valence-electron chi connectivity index (χ2n) is 4.85. The number of hydrogen-bond donors (Lipinski definition) is 1. The van der Waals surface area contributed by atoms with Crippen LogP contribution in [-0.4, -0.2) is 5.91 Å². The lowest BCUT2D eigenvalue weighted by molar-refractivity contribution is -0.121. The molecule has 1 aliphatic heterocycles. The Morgan fingerprint density at radius 1 is 1.37 bits per heavy atom. The van der Waals surface area contributed by atoms with Crippen LogP contribution in [0, 0.1) is 18.6 Å². The summed E-state index contributed by atoms with van der Waals surface area (Å²) in [6, 6.07) is 2.66. The van der Waals surface area contributed by atoms with Crippen molar-refractivity contribution in [2.24, 2.45) is 0 Å². The number of carbonyl (C=O) groups is 1. The zero-order valence-corrected chi connectivity index (χ0v) is 11.1. The molecule has 19 heavy (non-hydrogen) atoms. The molecular formula is C15H17F2NO. The van der Waals surface area contributed by atoms with E-state index in [0.717, 1.165) is 0 Å². The second-order valence-corrected chi connectivity index (χ2v) is 4.85. The number of carbonyl (C=O) groups excluding carboxylic acids is 1. The molecule has 4 heteroatoms. The van der Waals surface area contributed by atoms with Crippen LogP contribution in [0.2, 0.25) is 0 Å². The average molecular weight is 265 g/mol. The maximum absolute atomic E-state index is 14.0. The fourth-order valence-corrected chi connectivity index (χ4v) is 2.50. The molecule has 1 unspecified atom stereocenters. The Morgan fingerprint density at radius 3 is 2.58 bits per heavy atom. The first kappa shape index (κ1) is 13.7. The second kappa shape index (κ2) is 5.51. The van der Waals surface area contributed by atoms with E-state index in [1.807, 2.05) is 13.0 Å². The SMILES string of the molecule is CC/C=C1/NC(=O)CCC1c1c(F)cc(C)cc1F. The summed E-state index contributed by atoms with van der Waals surface area (Å²) in [5, 5.41) is 2.72. The molecule has 1 atom stereocenters. The summed E-state index contributed by atoms with van der Waals surface area (Å²) >= 11 is 0. The standard InChI is InChI=1S/C15H17F2NO/c1-3-4-13-10(5-6-14(19)18-13)15-11(16)7-9(2)8-12(15)17/h4,7-8,10H,3,5-6H2,1-2H3,(H,18,19)/b13-4+. The molecule has 1 N–H and O–H groups in total. The van der Waals surface area contributed by atoms with Gasteiger partial charge in [-0.15, -0.1) is 0 Å². The van der Waals surface area contributed by atoms with Crippen molar-refractivity contribution in [3.8, 4) is 0 Å². The predicted octanol–water partition coefficient (Wildman–Crippen LogP) is 3.56. The Balaban J connectivity index is 2.45. The Hall–Kier alpha value is -1.71. The third-order valence-electron chi connectivity index (χ3n) is 3.32. The van der Waals surface area contributed by atoms with Gasteiger partial charge in [0.05, 0.1) is 0 Å². The van der Waals surface area contributed by atoms with E-state index >= 15 is 0 Å². The first-order chi connectivity index (χ1) is 9.02. The first-order valence-corrected chi connectivity index (χ1v) is 6.48. The Labute approximate surface area is 111 Å². The van der Waals surface area contributed by atoms with E-state index in [9.17, 15) is 13.6 Å². The van der Waals surface area contributed by atoms with Gasteiger partial charge in [0, 0.05) is 23.6 Å². The van der Waals surface area contributed by atoms with Crippen LogP contribution in [-0.2, 0) is 4.79 Å². The molecular weight excluding hydrogens is 248 g/mol. The van der Waals surface area contributed by atoms with Crippen LogP contribution >= 0.6 is 0 Å². The third-order valence-corrected chi connectivity index (χ3v) is 3.32. The fraction of sp³-hybridized carbons (Fsp3) is 0.400. The van der Waals surface area contributed by atoms with Crippen molar-refractivity contribution >= 4 is 5.91 Å². The summed E-state index contributed by atoms with van der Waals surface area (Å²) in [6.07, 6.45) is 3.26. The van der Waals surface area contributed by atoms with Gasteiger partial charge in [0.2, 0.25) is 5.91 Å². The van der Waals surface area contributed by atoms with Gasteiger partial charge in [-0.3, -0.25) is 4.79 Å². The number of hydrogen-bond acceptors (Lipinski definition) is 1. The normalized spacial score (nSPS) is 21.6. The van der Waals surface area contributed by atoms with Gasteiger partial charge in [-0.05, 0) is 37.5 Å². The van der Waals surface area contributed by atoms with E-state index in [2.05, 4.69) is 5.32 Å². The van der Waals surface area contributed by atoms with Crippen molar-refractivity contribution in [1.82, 2.24) is 5.32 Å². The maximum Gasteiger partial charge on any atom is 0.224 e. The van der Waals surface area contributed by atoms with Crippen LogP contribution in [0.4, 0.5) is 8.78 Å². The molecule has 0 aromatic heterocycles. The summed E-state index contributed by atoms with van der Waals surface area (Å²) in [4.78, 5) is 11.4. The largest absolute Gasteiger partial charge is 0.329 e. The third kappa shape index (κ3) is 2.83. The monoisotopic (exact) mass is 265 g/mol. The Bertz CT molecular complexity index is 514. The molecule has 0 saturated carbocycles. The highest BCUT2D eigenvalue weighted by Crippen LogP contribution is 2.34. The highest BCUT2D eigenvalue weighted by Gasteiger charge is 2.29. The van der Waals surface area contributed by atoms with Crippen LogP contribution in [0.15, 0.2) is 23.9 Å². The minimum Gasteiger partial charge on any atom is -0.329 e. The average Bonchev–Trinajstić information content (AvgIpc) is 2.31. The van der Waals surface area contributed by atoms with Gasteiger partial charge in [0.1, 0.15) is 11.6 Å². The molecule has 1 aromatic carbocycles. The molecule has 1 saturated heterocycles. The quantitative estimate of drug-likeness (QED) is 0.870. The van der Waals surface area contributed by atoms with Crippen molar-refractivity contribution in [3.63, 3.8) is 0 Å². The molecule has 2 rings (SSSR count). The number of allylic oxidation sites excluding steroid dienone is 2. The first-order valence-electron chi connectivity index (χ1n) is 6.48. The summed E-state index contributed by atoms with van der Waals surface area (Å²) in [7, 11) is 0. The summed E-state index contributed by atoms with van der Waals surface area (Å²) in [5.41, 5.74) is 1.23. The smallest absolute Gasteiger partial charge is 0.224 e. The molecule has 0 aliphatic carbocycles. The fourth-order valence-electron chi connectivity index (χ4n) is 2.50. The molecule has 1 aromatic rings. The van der Waals surface area contributed by atoms with E-state index < -0.39 is 17.6 Å². The predicted molar refractivity (Wildman–Crippen MR) is 69.6 cm³/mol. The van der Waals surface area contributed by atoms with Crippen molar-refractivity contribution in [2.75, 3.05) is 0 Å². The number of benzene rings is 1. The van der Waals surface area contributed by atoms with Gasteiger partial charge < -0.3 is 5.32 Å². The van der Waals surface area contributed by atoms with Gasteiger partial charge in [-0.1, -0.05) is 13.0 Å². The van der Waals surface area contributed by atoms with Crippen LogP contribution in [0.5, 0.6) is 0 Å². The van der Waals surface area contributed by atoms with Gasteiger partial charge >= 0.3 is 0 Å². The summed E-state index contributed by atoms with van der Waals surface area (Å²) < 4.78 is 28.1. The number of amides is 1. The molecule has 1 fully saturated rings. The minimum atomic E-state index is -0.541. The molecule has 1 aliphatic rings. The number of aryl methyl sites for hydroxylation is 1. The Morgan fingerprint density at radius 2 is 2.00 bits per heavy atom. The van der Waals surface area contributed by atoms with E-state index in [4.69, 9.17) is 0 Å². The van der Waals surface area contributed by atoms with Crippen molar-refractivity contribution in [3.05, 3.63) is 46.7 Å². The number of halogens is 2. The zero-order valence-electron chi connectivity index (χ0n) is 11.1. The maximum atomic E-state index is 14.0. The van der Waals surface area contributed by atoms with E-state index in [-0.39, 0.29) is 11.5 Å². The lowest BCUT2D eigenvalue weighted by Gasteiger charge is -2.27. The van der Waals surface area contributed by atoms with E-state index in [1.54, 1.807) is 6.92 Å². The lowest BCUT2D eigenvalue weighted by Crippen LogP contribution is -2.32. The zero-order chi connectivity index (χ0) is 14.0. The van der Waals surface area contributed by atoms with Gasteiger partial charge in [-0.2, -0.15) is 0 Å². The highest BCUT2D eigenvalue weighted by atomic mass is 19.1. The molecule has 0 bridgehead atoms. The topological polar surface area (TPSA) is 29.1 Å². The summed E-state index contributed by atoms with van der Waals surface area (Å²) in [5.74, 6) is -1.58. The molecule has 0 spiro atoms. The molecule has 2 nitrogen and oxygen atoms in total. The number of nitrogens with one attached hydrogen (secondary N) is 1. The molecule has 1 heterocycles. The van der Waals surface area contributed by atoms with E-state index in [0.29, 0.717) is 30.5 Å². The van der Waals surface area contributed by atoms with Gasteiger partial charge in [0.15, 0.2) is 0 Å². The van der Waals surface area contributed by atoms with Crippen LogP contribution < -0.4 is 5.32 Å². The summed E-state index contributed by atoms with van der Waals surface area (Å²) in [6.45, 7) is 3.58.